The number of hydrogen-bond donors (Lipinski definition) is 1. The number of amides is 3. The molecule has 2 aromatic rings. The van der Waals surface area contributed by atoms with E-state index in [-0.39, 0.29) is 36.7 Å². The van der Waals surface area contributed by atoms with Gasteiger partial charge in [0.1, 0.15) is 17.6 Å². The minimum atomic E-state index is -0.589. The summed E-state index contributed by atoms with van der Waals surface area (Å²) in [7, 11) is 3.07. The summed E-state index contributed by atoms with van der Waals surface area (Å²) in [5.74, 6) is -0.940. The molecular weight excluding hydrogens is 417 g/mol. The molecule has 30 heavy (non-hydrogen) atoms. The molecule has 0 saturated carbocycles. The molecule has 1 aromatic carbocycles. The maximum absolute atomic E-state index is 13.4. The zero-order chi connectivity index (χ0) is 21.6. The second-order valence-electron chi connectivity index (χ2n) is 7.28. The van der Waals surface area contributed by atoms with E-state index in [0.29, 0.717) is 29.9 Å². The van der Waals surface area contributed by atoms with E-state index in [4.69, 9.17) is 16.4 Å². The van der Waals surface area contributed by atoms with Crippen LogP contribution in [0.1, 0.15) is 21.7 Å². The Balaban J connectivity index is 1.60. The third kappa shape index (κ3) is 3.51. The van der Waals surface area contributed by atoms with Gasteiger partial charge in [0.25, 0.3) is 5.91 Å². The zero-order valence-corrected chi connectivity index (χ0v) is 17.3. The molecule has 0 radical (unpaired) electrons. The molecular formula is C19H21ClFN5O4. The van der Waals surface area contributed by atoms with Crippen molar-refractivity contribution in [2.24, 2.45) is 0 Å². The highest BCUT2D eigenvalue weighted by molar-refractivity contribution is 6.31. The standard InChI is InChI=1S/C19H21ClFN5O4/c1-23(11-3-4-15(21)14(20)7-11)19(29)25-6-5-16-13(9-25)17-18(28)24(2)30-12(10-27)8-26(17)22-16/h3-4,7,12,27H,5-6,8-10H2,1-2H3. The summed E-state index contributed by atoms with van der Waals surface area (Å²) in [6, 6.07) is 3.77. The third-order valence-electron chi connectivity index (χ3n) is 5.33. The van der Waals surface area contributed by atoms with Crippen LogP contribution in [0.5, 0.6) is 0 Å². The van der Waals surface area contributed by atoms with E-state index in [1.807, 2.05) is 0 Å². The molecule has 3 amide bonds. The Kier molecular flexibility index (Phi) is 5.39. The summed E-state index contributed by atoms with van der Waals surface area (Å²) < 4.78 is 15.0. The molecule has 3 heterocycles. The number of anilines is 1. The van der Waals surface area contributed by atoms with Crippen molar-refractivity contribution in [3.05, 3.63) is 46.0 Å². The number of fused-ring (bicyclic) bond motifs is 3. The fourth-order valence-electron chi connectivity index (χ4n) is 3.72. The van der Waals surface area contributed by atoms with Crippen molar-refractivity contribution in [3.63, 3.8) is 0 Å². The van der Waals surface area contributed by atoms with Gasteiger partial charge in [-0.1, -0.05) is 11.6 Å². The first kappa shape index (κ1) is 20.6. The molecule has 0 aliphatic carbocycles. The van der Waals surface area contributed by atoms with Crippen LogP contribution in [-0.2, 0) is 24.3 Å². The quantitative estimate of drug-likeness (QED) is 0.771. The summed E-state index contributed by atoms with van der Waals surface area (Å²) in [6.07, 6.45) is -0.102. The molecule has 0 fully saturated rings. The molecule has 11 heteroatoms. The Bertz CT molecular complexity index is 1010. The predicted octanol–water partition coefficient (Wildman–Crippen LogP) is 1.67. The smallest absolute Gasteiger partial charge is 0.324 e. The number of carbonyl (C=O) groups is 2. The van der Waals surface area contributed by atoms with Crippen LogP contribution in [0.2, 0.25) is 5.02 Å². The van der Waals surface area contributed by atoms with Crippen molar-refractivity contribution in [1.82, 2.24) is 19.7 Å². The van der Waals surface area contributed by atoms with Gasteiger partial charge >= 0.3 is 6.03 Å². The van der Waals surface area contributed by atoms with Gasteiger partial charge < -0.3 is 10.0 Å². The largest absolute Gasteiger partial charge is 0.393 e. The van der Waals surface area contributed by atoms with Gasteiger partial charge in [-0.05, 0) is 18.2 Å². The average molecular weight is 438 g/mol. The van der Waals surface area contributed by atoms with E-state index in [9.17, 15) is 19.1 Å². The minimum Gasteiger partial charge on any atom is -0.393 e. The molecule has 0 spiro atoms. The fourth-order valence-corrected chi connectivity index (χ4v) is 3.89. The number of hydroxylamine groups is 2. The first-order valence-corrected chi connectivity index (χ1v) is 9.80. The number of aromatic nitrogens is 2. The molecule has 0 bridgehead atoms. The molecule has 2 aliphatic heterocycles. The van der Waals surface area contributed by atoms with Gasteiger partial charge in [-0.2, -0.15) is 5.10 Å². The number of aliphatic hydroxyl groups is 1. The lowest BCUT2D eigenvalue weighted by Gasteiger charge is -2.31. The van der Waals surface area contributed by atoms with Gasteiger partial charge in [-0.15, -0.1) is 0 Å². The lowest BCUT2D eigenvalue weighted by Crippen LogP contribution is -2.44. The van der Waals surface area contributed by atoms with Gasteiger partial charge in [-0.3, -0.25) is 19.2 Å². The Morgan fingerprint density at radius 3 is 2.93 bits per heavy atom. The highest BCUT2D eigenvalue weighted by Gasteiger charge is 2.35. The maximum Gasteiger partial charge on any atom is 0.324 e. The topological polar surface area (TPSA) is 91.1 Å². The number of carbonyl (C=O) groups excluding carboxylic acids is 2. The SMILES string of the molecule is CN1OC(CO)Cn2nc3c(c2C1=O)CN(C(=O)N(C)c1ccc(F)c(Cl)c1)CC3. The molecule has 160 valence electrons. The number of halogens is 2. The van der Waals surface area contributed by atoms with Crippen LogP contribution in [0.25, 0.3) is 0 Å². The average Bonchev–Trinajstić information content (AvgIpc) is 3.04. The number of benzene rings is 1. The van der Waals surface area contributed by atoms with E-state index in [0.717, 1.165) is 10.8 Å². The lowest BCUT2D eigenvalue weighted by atomic mass is 10.0. The molecule has 1 aromatic heterocycles. The second kappa shape index (κ2) is 7.86. The molecule has 1 atom stereocenters. The van der Waals surface area contributed by atoms with E-state index in [1.165, 1.54) is 30.1 Å². The summed E-state index contributed by atoms with van der Waals surface area (Å²) in [4.78, 5) is 34.3. The Morgan fingerprint density at radius 1 is 1.47 bits per heavy atom. The summed E-state index contributed by atoms with van der Waals surface area (Å²) in [6.45, 7) is 0.603. The van der Waals surface area contributed by atoms with Crippen LogP contribution in [0.3, 0.4) is 0 Å². The molecule has 0 saturated heterocycles. The van der Waals surface area contributed by atoms with Gasteiger partial charge in [-0.25, -0.2) is 14.2 Å². The Hall–Kier alpha value is -2.69. The zero-order valence-electron chi connectivity index (χ0n) is 16.5. The Labute approximate surface area is 177 Å². The van der Waals surface area contributed by atoms with Crippen molar-refractivity contribution < 1.29 is 23.9 Å². The van der Waals surface area contributed by atoms with E-state index in [2.05, 4.69) is 5.10 Å². The van der Waals surface area contributed by atoms with Crippen LogP contribution in [0.15, 0.2) is 18.2 Å². The first-order valence-electron chi connectivity index (χ1n) is 9.42. The highest BCUT2D eigenvalue weighted by Crippen LogP contribution is 2.28. The molecule has 2 aliphatic rings. The van der Waals surface area contributed by atoms with Crippen molar-refractivity contribution >= 4 is 29.2 Å². The summed E-state index contributed by atoms with van der Waals surface area (Å²) in [5, 5.41) is 15.0. The first-order chi connectivity index (χ1) is 14.3. The Morgan fingerprint density at radius 2 is 2.23 bits per heavy atom. The normalized spacial score (nSPS) is 18.7. The number of aliphatic hydroxyl groups excluding tert-OH is 1. The lowest BCUT2D eigenvalue weighted by molar-refractivity contribution is -0.159. The fraction of sp³-hybridized carbons (Fsp3) is 0.421. The van der Waals surface area contributed by atoms with Crippen LogP contribution in [-0.4, -0.2) is 70.1 Å². The van der Waals surface area contributed by atoms with E-state index < -0.39 is 11.9 Å². The predicted molar refractivity (Wildman–Crippen MR) is 106 cm³/mol. The van der Waals surface area contributed by atoms with Crippen LogP contribution < -0.4 is 4.90 Å². The summed E-state index contributed by atoms with van der Waals surface area (Å²) >= 11 is 5.84. The van der Waals surface area contributed by atoms with Crippen molar-refractivity contribution in [3.8, 4) is 0 Å². The molecule has 4 rings (SSSR count). The number of nitrogens with zero attached hydrogens (tertiary/aromatic N) is 5. The number of urea groups is 1. The van der Waals surface area contributed by atoms with Crippen molar-refractivity contribution in [1.29, 1.82) is 0 Å². The number of hydrogen-bond acceptors (Lipinski definition) is 5. The van der Waals surface area contributed by atoms with Crippen molar-refractivity contribution in [2.75, 3.05) is 32.1 Å². The summed E-state index contributed by atoms with van der Waals surface area (Å²) in [5.41, 5.74) is 2.23. The van der Waals surface area contributed by atoms with Gasteiger partial charge in [0, 0.05) is 38.3 Å². The van der Waals surface area contributed by atoms with E-state index >= 15 is 0 Å². The van der Waals surface area contributed by atoms with Crippen molar-refractivity contribution in [2.45, 2.75) is 25.6 Å². The van der Waals surface area contributed by atoms with E-state index in [1.54, 1.807) is 16.6 Å². The molecule has 1 N–H and O–H groups in total. The minimum absolute atomic E-state index is 0.0675. The van der Waals surface area contributed by atoms with Crippen LogP contribution >= 0.6 is 11.6 Å². The second-order valence-corrected chi connectivity index (χ2v) is 7.69. The van der Waals surface area contributed by atoms with Gasteiger partial charge in [0.15, 0.2) is 0 Å². The maximum atomic E-state index is 13.4. The monoisotopic (exact) mass is 437 g/mol. The molecule has 9 nitrogen and oxygen atoms in total. The third-order valence-corrected chi connectivity index (χ3v) is 5.61. The highest BCUT2D eigenvalue weighted by atomic mass is 35.5. The number of rotatable bonds is 2. The van der Waals surface area contributed by atoms with Gasteiger partial charge in [0.05, 0.1) is 30.4 Å². The van der Waals surface area contributed by atoms with Gasteiger partial charge in [0.2, 0.25) is 0 Å². The van der Waals surface area contributed by atoms with Crippen LogP contribution in [0, 0.1) is 5.82 Å². The molecule has 1 unspecified atom stereocenters. The van der Waals surface area contributed by atoms with Crippen LogP contribution in [0.4, 0.5) is 14.9 Å².